The Kier molecular flexibility index (Phi) is 4.44. The Morgan fingerprint density at radius 2 is 2.13 bits per heavy atom. The van der Waals surface area contributed by atoms with Crippen molar-refractivity contribution in [2.24, 2.45) is 10.9 Å². The lowest BCUT2D eigenvalue weighted by Gasteiger charge is -2.25. The predicted molar refractivity (Wildman–Crippen MR) is 100 cm³/mol. The highest BCUT2D eigenvalue weighted by Gasteiger charge is 2.25. The molecule has 2 nitrogen and oxygen atoms in total. The lowest BCUT2D eigenvalue weighted by Crippen LogP contribution is -2.22. The van der Waals surface area contributed by atoms with E-state index in [1.807, 2.05) is 30.4 Å². The number of hydrogen-bond acceptors (Lipinski definition) is 2. The molecule has 1 aliphatic rings. The van der Waals surface area contributed by atoms with Crippen molar-refractivity contribution in [3.63, 3.8) is 0 Å². The molecule has 1 aromatic carbocycles. The molecular weight excluding hydrogens is 304 g/mol. The summed E-state index contributed by atoms with van der Waals surface area (Å²) in [5.41, 5.74) is 5.19. The van der Waals surface area contributed by atoms with E-state index < -0.39 is 0 Å². The van der Waals surface area contributed by atoms with Crippen LogP contribution in [0.3, 0.4) is 0 Å². The van der Waals surface area contributed by atoms with Gasteiger partial charge in [-0.3, -0.25) is 9.98 Å². The van der Waals surface area contributed by atoms with Gasteiger partial charge in [-0.1, -0.05) is 49.5 Å². The summed E-state index contributed by atoms with van der Waals surface area (Å²) in [6.45, 7) is 11.4. The SMILES string of the molecule is C=CN=C(C=C)C1CCc2c(nc3cc(C=C)ccc3c2Cl)C1. The first-order valence-corrected chi connectivity index (χ1v) is 8.10. The van der Waals surface area contributed by atoms with Gasteiger partial charge in [-0.25, -0.2) is 0 Å². The second-order valence-electron chi connectivity index (χ2n) is 5.71. The lowest BCUT2D eigenvalue weighted by molar-refractivity contribution is 0.575. The van der Waals surface area contributed by atoms with Gasteiger partial charge in [-0.05, 0) is 42.5 Å². The van der Waals surface area contributed by atoms with Gasteiger partial charge in [0, 0.05) is 28.9 Å². The molecule has 0 saturated heterocycles. The Balaban J connectivity index is 2.08. The quantitative estimate of drug-likeness (QED) is 0.691. The van der Waals surface area contributed by atoms with Crippen LogP contribution < -0.4 is 0 Å². The smallest absolute Gasteiger partial charge is 0.0726 e. The molecule has 2 aromatic rings. The largest absolute Gasteiger partial charge is 0.262 e. The zero-order valence-corrected chi connectivity index (χ0v) is 13.8. The van der Waals surface area contributed by atoms with Crippen molar-refractivity contribution >= 4 is 34.3 Å². The first kappa shape index (κ1) is 15.7. The molecule has 0 fully saturated rings. The molecule has 1 aliphatic carbocycles. The fraction of sp³-hybridized carbons (Fsp3) is 0.200. The summed E-state index contributed by atoms with van der Waals surface area (Å²) in [5.74, 6) is 0.321. The van der Waals surface area contributed by atoms with Crippen molar-refractivity contribution in [3.8, 4) is 0 Å². The molecule has 3 heteroatoms. The molecule has 0 N–H and O–H groups in total. The minimum atomic E-state index is 0.321. The number of fused-ring (bicyclic) bond motifs is 2. The molecule has 0 radical (unpaired) electrons. The van der Waals surface area contributed by atoms with Crippen molar-refractivity contribution in [2.45, 2.75) is 19.3 Å². The molecule has 116 valence electrons. The number of aromatic nitrogens is 1. The van der Waals surface area contributed by atoms with Gasteiger partial charge in [0.05, 0.1) is 10.5 Å². The molecule has 1 aromatic heterocycles. The van der Waals surface area contributed by atoms with Gasteiger partial charge < -0.3 is 0 Å². The van der Waals surface area contributed by atoms with Gasteiger partial charge >= 0.3 is 0 Å². The maximum absolute atomic E-state index is 6.64. The second kappa shape index (κ2) is 6.51. The van der Waals surface area contributed by atoms with Crippen LogP contribution in [0.5, 0.6) is 0 Å². The summed E-state index contributed by atoms with van der Waals surface area (Å²) in [4.78, 5) is 9.20. The highest BCUT2D eigenvalue weighted by atomic mass is 35.5. The maximum atomic E-state index is 6.64. The van der Waals surface area contributed by atoms with E-state index in [0.29, 0.717) is 5.92 Å². The zero-order valence-electron chi connectivity index (χ0n) is 13.1. The van der Waals surface area contributed by atoms with Gasteiger partial charge in [0.2, 0.25) is 0 Å². The molecule has 23 heavy (non-hydrogen) atoms. The molecule has 1 heterocycles. The number of rotatable bonds is 4. The number of benzene rings is 1. The fourth-order valence-corrected chi connectivity index (χ4v) is 3.58. The van der Waals surface area contributed by atoms with Crippen LogP contribution in [-0.2, 0) is 12.8 Å². The van der Waals surface area contributed by atoms with E-state index in [0.717, 1.165) is 52.2 Å². The average Bonchev–Trinajstić information content (AvgIpc) is 2.58. The summed E-state index contributed by atoms with van der Waals surface area (Å²) >= 11 is 6.64. The van der Waals surface area contributed by atoms with Crippen LogP contribution in [0, 0.1) is 5.92 Å². The zero-order chi connectivity index (χ0) is 16.4. The maximum Gasteiger partial charge on any atom is 0.0726 e. The molecule has 1 atom stereocenters. The first-order chi connectivity index (χ1) is 11.2. The van der Waals surface area contributed by atoms with E-state index in [-0.39, 0.29) is 0 Å². The molecule has 1 unspecified atom stereocenters. The molecule has 0 amide bonds. The van der Waals surface area contributed by atoms with Crippen LogP contribution in [0.4, 0.5) is 0 Å². The molecule has 0 spiro atoms. The summed E-state index contributed by atoms with van der Waals surface area (Å²) < 4.78 is 0. The van der Waals surface area contributed by atoms with Crippen LogP contribution in [0.2, 0.25) is 5.02 Å². The molecule has 0 bridgehead atoms. The van der Waals surface area contributed by atoms with Crippen LogP contribution in [-0.4, -0.2) is 10.7 Å². The highest BCUT2D eigenvalue weighted by molar-refractivity contribution is 6.36. The van der Waals surface area contributed by atoms with E-state index >= 15 is 0 Å². The summed E-state index contributed by atoms with van der Waals surface area (Å²) in [5, 5.41) is 1.85. The van der Waals surface area contributed by atoms with Gasteiger partial charge in [-0.15, -0.1) is 0 Å². The van der Waals surface area contributed by atoms with Gasteiger partial charge in [0.25, 0.3) is 0 Å². The van der Waals surface area contributed by atoms with E-state index in [2.05, 4.69) is 24.7 Å². The van der Waals surface area contributed by atoms with Crippen LogP contribution in [0.15, 0.2) is 55.2 Å². The van der Waals surface area contributed by atoms with E-state index in [4.69, 9.17) is 16.6 Å². The third-order valence-corrected chi connectivity index (χ3v) is 4.84. The number of halogens is 1. The Bertz CT molecular complexity index is 833. The van der Waals surface area contributed by atoms with E-state index in [1.54, 1.807) is 6.20 Å². The minimum Gasteiger partial charge on any atom is -0.262 e. The third kappa shape index (κ3) is 2.87. The van der Waals surface area contributed by atoms with Crippen molar-refractivity contribution in [3.05, 3.63) is 72.1 Å². The Labute approximate surface area is 141 Å². The lowest BCUT2D eigenvalue weighted by atomic mass is 9.83. The number of pyridine rings is 1. The van der Waals surface area contributed by atoms with Crippen LogP contribution in [0.1, 0.15) is 23.2 Å². The number of aliphatic imine (C=N–C) groups is 1. The van der Waals surface area contributed by atoms with Crippen molar-refractivity contribution in [2.75, 3.05) is 0 Å². The molecule has 0 saturated carbocycles. The Hall–Kier alpha value is -2.19. The van der Waals surface area contributed by atoms with E-state index in [9.17, 15) is 0 Å². The number of hydrogen-bond donors (Lipinski definition) is 0. The average molecular weight is 323 g/mol. The Morgan fingerprint density at radius 1 is 1.30 bits per heavy atom. The van der Waals surface area contributed by atoms with Gasteiger partial charge in [0.15, 0.2) is 0 Å². The van der Waals surface area contributed by atoms with Crippen molar-refractivity contribution < 1.29 is 0 Å². The molecular formula is C20H19ClN2. The second-order valence-corrected chi connectivity index (χ2v) is 6.09. The first-order valence-electron chi connectivity index (χ1n) is 7.72. The third-order valence-electron chi connectivity index (χ3n) is 4.41. The Morgan fingerprint density at radius 3 is 2.83 bits per heavy atom. The van der Waals surface area contributed by atoms with Crippen molar-refractivity contribution in [1.29, 1.82) is 0 Å². The number of allylic oxidation sites excluding steroid dienone is 1. The standard InChI is InChI=1S/C20H19ClN2/c1-4-13-7-9-15-18(11-13)23-19-12-14(17(5-2)22-6-3)8-10-16(19)20(15)21/h4-7,9,11,14H,1-3,8,10,12H2. The minimum absolute atomic E-state index is 0.321. The van der Waals surface area contributed by atoms with Gasteiger partial charge in [0.1, 0.15) is 0 Å². The van der Waals surface area contributed by atoms with Crippen molar-refractivity contribution in [1.82, 2.24) is 4.98 Å². The van der Waals surface area contributed by atoms with E-state index in [1.165, 1.54) is 5.56 Å². The summed E-state index contributed by atoms with van der Waals surface area (Å²) in [6, 6.07) is 6.08. The molecule has 0 aliphatic heterocycles. The summed E-state index contributed by atoms with van der Waals surface area (Å²) in [6.07, 6.45) is 7.96. The number of nitrogens with zero attached hydrogens (tertiary/aromatic N) is 2. The monoisotopic (exact) mass is 322 g/mol. The fourth-order valence-electron chi connectivity index (χ4n) is 3.22. The molecule has 3 rings (SSSR count). The summed E-state index contributed by atoms with van der Waals surface area (Å²) in [7, 11) is 0. The van der Waals surface area contributed by atoms with Crippen LogP contribution >= 0.6 is 11.6 Å². The van der Waals surface area contributed by atoms with Gasteiger partial charge in [-0.2, -0.15) is 0 Å². The predicted octanol–water partition coefficient (Wildman–Crippen LogP) is 5.41. The highest BCUT2D eigenvalue weighted by Crippen LogP contribution is 2.35. The topological polar surface area (TPSA) is 25.2 Å². The normalized spacial score (nSPS) is 17.6. The van der Waals surface area contributed by atoms with Crippen LogP contribution in [0.25, 0.3) is 17.0 Å².